The zero-order valence-corrected chi connectivity index (χ0v) is 11.5. The molecule has 0 saturated carbocycles. The molecule has 1 N–H and O–H groups in total. The van der Waals surface area contributed by atoms with Crippen LogP contribution in [0.3, 0.4) is 0 Å². The third-order valence-corrected chi connectivity index (χ3v) is 3.65. The van der Waals surface area contributed by atoms with Crippen LogP contribution in [0.2, 0.25) is 0 Å². The van der Waals surface area contributed by atoms with E-state index in [1.54, 1.807) is 6.33 Å². The number of aryl methyl sites for hydroxylation is 1. The monoisotopic (exact) mass is 248 g/mol. The Labute approximate surface area is 110 Å². The highest BCUT2D eigenvalue weighted by molar-refractivity contribution is 5.35. The van der Waals surface area contributed by atoms with Crippen LogP contribution in [0.15, 0.2) is 12.4 Å². The normalized spacial score (nSPS) is 20.2. The molecule has 4 heteroatoms. The van der Waals surface area contributed by atoms with Gasteiger partial charge in [-0.2, -0.15) is 0 Å². The number of likely N-dealkylation sites (N-methyl/N-ethyl adjacent to an activating group) is 1. The maximum Gasteiger partial charge on any atom is 0.129 e. The van der Waals surface area contributed by atoms with Gasteiger partial charge in [0.25, 0.3) is 0 Å². The fourth-order valence-electron chi connectivity index (χ4n) is 2.65. The number of hydrogen-bond donors (Lipinski definition) is 1. The third kappa shape index (κ3) is 3.42. The van der Waals surface area contributed by atoms with Gasteiger partial charge in [-0.05, 0) is 32.4 Å². The van der Waals surface area contributed by atoms with E-state index < -0.39 is 0 Å². The van der Waals surface area contributed by atoms with Crippen LogP contribution in [-0.4, -0.2) is 40.5 Å². The molecule has 100 valence electrons. The first-order chi connectivity index (χ1) is 8.83. The van der Waals surface area contributed by atoms with Gasteiger partial charge in [-0.25, -0.2) is 9.97 Å². The molecule has 0 aliphatic carbocycles. The van der Waals surface area contributed by atoms with E-state index in [0.29, 0.717) is 6.04 Å². The van der Waals surface area contributed by atoms with Gasteiger partial charge in [0.15, 0.2) is 0 Å². The SMILES string of the molecule is CCCc1cc(NCC2CCCN2CC)ncn1. The number of nitrogens with one attached hydrogen (secondary N) is 1. The van der Waals surface area contributed by atoms with Gasteiger partial charge in [0, 0.05) is 24.3 Å². The number of aromatic nitrogens is 2. The van der Waals surface area contributed by atoms with E-state index in [1.807, 2.05) is 0 Å². The first-order valence-electron chi connectivity index (χ1n) is 7.12. The predicted octanol–water partition coefficient (Wildman–Crippen LogP) is 2.33. The number of likely N-dealkylation sites (tertiary alicyclic amines) is 1. The van der Waals surface area contributed by atoms with Crippen molar-refractivity contribution in [1.82, 2.24) is 14.9 Å². The minimum Gasteiger partial charge on any atom is -0.368 e. The Morgan fingerprint density at radius 1 is 1.39 bits per heavy atom. The van der Waals surface area contributed by atoms with Crippen LogP contribution in [0.4, 0.5) is 5.82 Å². The molecule has 1 aliphatic heterocycles. The third-order valence-electron chi connectivity index (χ3n) is 3.65. The Hall–Kier alpha value is -1.16. The molecule has 0 bridgehead atoms. The summed E-state index contributed by atoms with van der Waals surface area (Å²) >= 11 is 0. The Balaban J connectivity index is 1.87. The summed E-state index contributed by atoms with van der Waals surface area (Å²) in [6, 6.07) is 2.74. The van der Waals surface area contributed by atoms with E-state index in [4.69, 9.17) is 0 Å². The van der Waals surface area contributed by atoms with Gasteiger partial charge in [0.05, 0.1) is 0 Å². The summed E-state index contributed by atoms with van der Waals surface area (Å²) in [5, 5.41) is 3.46. The van der Waals surface area contributed by atoms with E-state index >= 15 is 0 Å². The van der Waals surface area contributed by atoms with Gasteiger partial charge >= 0.3 is 0 Å². The van der Waals surface area contributed by atoms with Crippen molar-refractivity contribution >= 4 is 5.82 Å². The number of hydrogen-bond acceptors (Lipinski definition) is 4. The molecule has 4 nitrogen and oxygen atoms in total. The maximum absolute atomic E-state index is 4.29. The lowest BCUT2D eigenvalue weighted by Gasteiger charge is -2.23. The smallest absolute Gasteiger partial charge is 0.129 e. The molecular weight excluding hydrogens is 224 g/mol. The standard InChI is InChI=1S/C14H24N4/c1-3-6-12-9-14(17-11-16-12)15-10-13-7-5-8-18(13)4-2/h9,11,13H,3-8,10H2,1-2H3,(H,15,16,17). The average Bonchev–Trinajstić information content (AvgIpc) is 2.84. The summed E-state index contributed by atoms with van der Waals surface area (Å²) in [6.07, 6.45) is 6.45. The quantitative estimate of drug-likeness (QED) is 0.839. The van der Waals surface area contributed by atoms with E-state index in [9.17, 15) is 0 Å². The van der Waals surface area contributed by atoms with Gasteiger partial charge in [0.1, 0.15) is 12.1 Å². The minimum atomic E-state index is 0.666. The fraction of sp³-hybridized carbons (Fsp3) is 0.714. The summed E-state index contributed by atoms with van der Waals surface area (Å²) in [4.78, 5) is 11.1. The summed E-state index contributed by atoms with van der Waals surface area (Å²) in [7, 11) is 0. The predicted molar refractivity (Wildman–Crippen MR) is 74.8 cm³/mol. The van der Waals surface area contributed by atoms with E-state index in [2.05, 4.69) is 40.1 Å². The van der Waals surface area contributed by atoms with Gasteiger partial charge < -0.3 is 5.32 Å². The molecule has 0 spiro atoms. The molecule has 1 atom stereocenters. The van der Waals surface area contributed by atoms with Crippen LogP contribution in [0.25, 0.3) is 0 Å². The molecule has 0 radical (unpaired) electrons. The van der Waals surface area contributed by atoms with Gasteiger partial charge in [0.2, 0.25) is 0 Å². The number of rotatable bonds is 6. The van der Waals surface area contributed by atoms with Crippen LogP contribution >= 0.6 is 0 Å². The van der Waals surface area contributed by atoms with Crippen LogP contribution < -0.4 is 5.32 Å². The molecule has 0 aromatic carbocycles. The number of anilines is 1. The Morgan fingerprint density at radius 3 is 3.06 bits per heavy atom. The summed E-state index contributed by atoms with van der Waals surface area (Å²) in [6.45, 7) is 7.80. The Kier molecular flexibility index (Phi) is 4.93. The molecule has 2 rings (SSSR count). The van der Waals surface area contributed by atoms with E-state index in [1.165, 1.54) is 19.4 Å². The van der Waals surface area contributed by atoms with Crippen molar-refractivity contribution in [2.45, 2.75) is 45.6 Å². The number of nitrogens with zero attached hydrogens (tertiary/aromatic N) is 3. The lowest BCUT2D eigenvalue weighted by atomic mass is 10.2. The largest absolute Gasteiger partial charge is 0.368 e. The molecule has 1 aliphatic rings. The van der Waals surface area contributed by atoms with Crippen molar-refractivity contribution in [1.29, 1.82) is 0 Å². The molecule has 1 fully saturated rings. The lowest BCUT2D eigenvalue weighted by Crippen LogP contribution is -2.34. The highest BCUT2D eigenvalue weighted by Gasteiger charge is 2.22. The molecular formula is C14H24N4. The summed E-state index contributed by atoms with van der Waals surface area (Å²) in [5.74, 6) is 0.969. The summed E-state index contributed by atoms with van der Waals surface area (Å²) < 4.78 is 0. The molecule has 0 amide bonds. The van der Waals surface area contributed by atoms with E-state index in [-0.39, 0.29) is 0 Å². The molecule has 1 aromatic heterocycles. The zero-order chi connectivity index (χ0) is 12.8. The minimum absolute atomic E-state index is 0.666. The zero-order valence-electron chi connectivity index (χ0n) is 11.5. The lowest BCUT2D eigenvalue weighted by molar-refractivity contribution is 0.277. The topological polar surface area (TPSA) is 41.0 Å². The highest BCUT2D eigenvalue weighted by atomic mass is 15.2. The first-order valence-corrected chi connectivity index (χ1v) is 7.12. The Morgan fingerprint density at radius 2 is 2.28 bits per heavy atom. The van der Waals surface area contributed by atoms with Gasteiger partial charge in [-0.1, -0.05) is 20.3 Å². The second-order valence-corrected chi connectivity index (χ2v) is 4.95. The van der Waals surface area contributed by atoms with Crippen molar-refractivity contribution < 1.29 is 0 Å². The van der Waals surface area contributed by atoms with Crippen LogP contribution in [0, 0.1) is 0 Å². The van der Waals surface area contributed by atoms with Gasteiger partial charge in [-0.3, -0.25) is 4.90 Å². The Bertz CT molecular complexity index is 367. The van der Waals surface area contributed by atoms with Crippen molar-refractivity contribution in [2.24, 2.45) is 0 Å². The second-order valence-electron chi connectivity index (χ2n) is 4.95. The van der Waals surface area contributed by atoms with Crippen molar-refractivity contribution in [3.8, 4) is 0 Å². The molecule has 1 aromatic rings. The maximum atomic E-state index is 4.29. The van der Waals surface area contributed by atoms with Crippen molar-refractivity contribution in [2.75, 3.05) is 25.0 Å². The first kappa shape index (κ1) is 13.3. The molecule has 2 heterocycles. The van der Waals surface area contributed by atoms with Gasteiger partial charge in [-0.15, -0.1) is 0 Å². The van der Waals surface area contributed by atoms with Crippen LogP contribution in [-0.2, 0) is 6.42 Å². The van der Waals surface area contributed by atoms with Crippen molar-refractivity contribution in [3.63, 3.8) is 0 Å². The second kappa shape index (κ2) is 6.69. The fourth-order valence-corrected chi connectivity index (χ4v) is 2.65. The summed E-state index contributed by atoms with van der Waals surface area (Å²) in [5.41, 5.74) is 1.13. The average molecular weight is 248 g/mol. The van der Waals surface area contributed by atoms with Crippen molar-refractivity contribution in [3.05, 3.63) is 18.1 Å². The van der Waals surface area contributed by atoms with Crippen LogP contribution in [0.1, 0.15) is 38.8 Å². The highest BCUT2D eigenvalue weighted by Crippen LogP contribution is 2.17. The molecule has 18 heavy (non-hydrogen) atoms. The molecule has 1 saturated heterocycles. The molecule has 1 unspecified atom stereocenters. The van der Waals surface area contributed by atoms with E-state index in [0.717, 1.165) is 37.4 Å². The van der Waals surface area contributed by atoms with Crippen LogP contribution in [0.5, 0.6) is 0 Å².